The first-order chi connectivity index (χ1) is 7.11. The molecule has 0 aromatic rings. The molecule has 1 aliphatic heterocycles. The van der Waals surface area contributed by atoms with Crippen LogP contribution in [0.25, 0.3) is 0 Å². The summed E-state index contributed by atoms with van der Waals surface area (Å²) in [4.78, 5) is 13.9. The van der Waals surface area contributed by atoms with Gasteiger partial charge in [0.1, 0.15) is 0 Å². The molecular weight excluding hydrogens is 192 g/mol. The fourth-order valence-electron chi connectivity index (χ4n) is 2.32. The van der Waals surface area contributed by atoms with Gasteiger partial charge in [-0.2, -0.15) is 0 Å². The number of nitrogens with zero attached hydrogens (tertiary/aromatic N) is 1. The van der Waals surface area contributed by atoms with E-state index in [4.69, 9.17) is 4.74 Å². The molecule has 0 aliphatic carbocycles. The number of carbonyl (C=O) groups excluding carboxylic acids is 1. The first kappa shape index (κ1) is 12.5. The monoisotopic (exact) mass is 214 g/mol. The number of rotatable bonds is 3. The Morgan fingerprint density at radius 3 is 2.80 bits per heavy atom. The van der Waals surface area contributed by atoms with Crippen molar-refractivity contribution in [2.45, 2.75) is 32.4 Å². The van der Waals surface area contributed by atoms with E-state index >= 15 is 0 Å². The summed E-state index contributed by atoms with van der Waals surface area (Å²) in [6.45, 7) is 6.09. The highest BCUT2D eigenvalue weighted by molar-refractivity contribution is 5.74. The van der Waals surface area contributed by atoms with Gasteiger partial charge < -0.3 is 15.0 Å². The minimum absolute atomic E-state index is 0.0475. The SMILES string of the molecule is CCNC1CCN(C)C(C)C1C(=O)OC. The van der Waals surface area contributed by atoms with Crippen molar-refractivity contribution in [1.82, 2.24) is 10.2 Å². The lowest BCUT2D eigenvalue weighted by Gasteiger charge is -2.41. The summed E-state index contributed by atoms with van der Waals surface area (Å²) < 4.78 is 4.88. The van der Waals surface area contributed by atoms with Gasteiger partial charge >= 0.3 is 5.97 Å². The second-order valence-electron chi connectivity index (χ2n) is 4.22. The Bertz CT molecular complexity index is 221. The lowest BCUT2D eigenvalue weighted by Crippen LogP contribution is -2.56. The Labute approximate surface area is 92.0 Å². The molecule has 0 amide bonds. The third-order valence-corrected chi connectivity index (χ3v) is 3.38. The number of likely N-dealkylation sites (tertiary alicyclic amines) is 1. The summed E-state index contributed by atoms with van der Waals surface area (Å²) in [5.74, 6) is -0.145. The first-order valence-electron chi connectivity index (χ1n) is 5.63. The first-order valence-corrected chi connectivity index (χ1v) is 5.63. The molecule has 88 valence electrons. The molecule has 1 aliphatic rings. The Kier molecular flexibility index (Phi) is 4.54. The minimum atomic E-state index is -0.0972. The lowest BCUT2D eigenvalue weighted by molar-refractivity contribution is -0.150. The van der Waals surface area contributed by atoms with Crippen LogP contribution < -0.4 is 5.32 Å². The average molecular weight is 214 g/mol. The molecular formula is C11H22N2O2. The molecule has 1 fully saturated rings. The van der Waals surface area contributed by atoms with Crippen LogP contribution in [0.5, 0.6) is 0 Å². The maximum atomic E-state index is 11.7. The summed E-state index contributed by atoms with van der Waals surface area (Å²) in [5.41, 5.74) is 0. The summed E-state index contributed by atoms with van der Waals surface area (Å²) in [7, 11) is 3.52. The normalized spacial score (nSPS) is 32.7. The molecule has 4 heteroatoms. The Hall–Kier alpha value is -0.610. The number of carbonyl (C=O) groups is 1. The van der Waals surface area contributed by atoms with Crippen LogP contribution >= 0.6 is 0 Å². The average Bonchev–Trinajstić information content (AvgIpc) is 2.23. The predicted octanol–water partition coefficient (Wildman–Crippen LogP) is 0.478. The molecule has 1 N–H and O–H groups in total. The number of hydrogen-bond acceptors (Lipinski definition) is 4. The summed E-state index contributed by atoms with van der Waals surface area (Å²) >= 11 is 0. The van der Waals surface area contributed by atoms with E-state index < -0.39 is 0 Å². The lowest BCUT2D eigenvalue weighted by atomic mass is 9.85. The second kappa shape index (κ2) is 5.47. The number of esters is 1. The molecule has 0 spiro atoms. The van der Waals surface area contributed by atoms with Crippen LogP contribution in [0.3, 0.4) is 0 Å². The molecule has 3 atom stereocenters. The van der Waals surface area contributed by atoms with Crippen LogP contribution in [0.4, 0.5) is 0 Å². The fourth-order valence-corrected chi connectivity index (χ4v) is 2.32. The molecule has 1 heterocycles. The van der Waals surface area contributed by atoms with Crippen LogP contribution in [0.15, 0.2) is 0 Å². The highest BCUT2D eigenvalue weighted by Crippen LogP contribution is 2.23. The van der Waals surface area contributed by atoms with Gasteiger partial charge in [-0.1, -0.05) is 6.92 Å². The molecule has 15 heavy (non-hydrogen) atoms. The van der Waals surface area contributed by atoms with E-state index in [2.05, 4.69) is 31.1 Å². The van der Waals surface area contributed by atoms with Crippen molar-refractivity contribution in [2.75, 3.05) is 27.2 Å². The third kappa shape index (κ3) is 2.69. The van der Waals surface area contributed by atoms with Gasteiger partial charge in [0, 0.05) is 12.1 Å². The van der Waals surface area contributed by atoms with Crippen LogP contribution in [-0.4, -0.2) is 50.2 Å². The molecule has 0 aromatic heterocycles. The van der Waals surface area contributed by atoms with E-state index in [-0.39, 0.29) is 24.0 Å². The molecule has 0 radical (unpaired) electrons. The Balaban J connectivity index is 2.74. The Morgan fingerprint density at radius 2 is 2.27 bits per heavy atom. The van der Waals surface area contributed by atoms with Gasteiger partial charge in [0.15, 0.2) is 0 Å². The van der Waals surface area contributed by atoms with Crippen LogP contribution in [0.2, 0.25) is 0 Å². The number of ether oxygens (including phenoxy) is 1. The maximum Gasteiger partial charge on any atom is 0.311 e. The zero-order valence-corrected chi connectivity index (χ0v) is 10.1. The molecule has 1 rings (SSSR count). The van der Waals surface area contributed by atoms with Gasteiger partial charge in [-0.15, -0.1) is 0 Å². The molecule has 0 saturated carbocycles. The van der Waals surface area contributed by atoms with Gasteiger partial charge in [0.05, 0.1) is 13.0 Å². The summed E-state index contributed by atoms with van der Waals surface area (Å²) in [5, 5.41) is 3.37. The van der Waals surface area contributed by atoms with E-state index in [0.717, 1.165) is 19.5 Å². The van der Waals surface area contributed by atoms with Crippen molar-refractivity contribution >= 4 is 5.97 Å². The van der Waals surface area contributed by atoms with Crippen molar-refractivity contribution in [2.24, 2.45) is 5.92 Å². The minimum Gasteiger partial charge on any atom is -0.469 e. The zero-order chi connectivity index (χ0) is 11.4. The van der Waals surface area contributed by atoms with Gasteiger partial charge in [-0.3, -0.25) is 4.79 Å². The van der Waals surface area contributed by atoms with E-state index in [0.29, 0.717) is 0 Å². The highest BCUT2D eigenvalue weighted by Gasteiger charge is 2.38. The van der Waals surface area contributed by atoms with Crippen LogP contribution in [-0.2, 0) is 9.53 Å². The van der Waals surface area contributed by atoms with E-state index in [1.165, 1.54) is 7.11 Å². The molecule has 0 bridgehead atoms. The van der Waals surface area contributed by atoms with Gasteiger partial charge in [-0.25, -0.2) is 0 Å². The maximum absolute atomic E-state index is 11.7. The number of piperidine rings is 1. The smallest absolute Gasteiger partial charge is 0.311 e. The van der Waals surface area contributed by atoms with Gasteiger partial charge in [-0.05, 0) is 33.5 Å². The van der Waals surface area contributed by atoms with E-state index in [9.17, 15) is 4.79 Å². The van der Waals surface area contributed by atoms with E-state index in [1.54, 1.807) is 0 Å². The molecule has 1 saturated heterocycles. The largest absolute Gasteiger partial charge is 0.469 e. The van der Waals surface area contributed by atoms with Crippen molar-refractivity contribution in [3.8, 4) is 0 Å². The number of nitrogens with one attached hydrogen (secondary N) is 1. The van der Waals surface area contributed by atoms with Crippen molar-refractivity contribution < 1.29 is 9.53 Å². The second-order valence-corrected chi connectivity index (χ2v) is 4.22. The molecule has 0 aromatic carbocycles. The summed E-state index contributed by atoms with van der Waals surface area (Å²) in [6, 6.07) is 0.504. The van der Waals surface area contributed by atoms with Crippen LogP contribution in [0, 0.1) is 5.92 Å². The molecule has 4 nitrogen and oxygen atoms in total. The summed E-state index contributed by atoms with van der Waals surface area (Å²) in [6.07, 6.45) is 1.01. The highest BCUT2D eigenvalue weighted by atomic mass is 16.5. The van der Waals surface area contributed by atoms with Crippen molar-refractivity contribution in [3.05, 3.63) is 0 Å². The number of hydrogen-bond donors (Lipinski definition) is 1. The number of methoxy groups -OCH3 is 1. The van der Waals surface area contributed by atoms with E-state index in [1.807, 2.05) is 0 Å². The Morgan fingerprint density at radius 1 is 1.60 bits per heavy atom. The topological polar surface area (TPSA) is 41.6 Å². The zero-order valence-electron chi connectivity index (χ0n) is 10.1. The molecule has 3 unspecified atom stereocenters. The van der Waals surface area contributed by atoms with Crippen molar-refractivity contribution in [3.63, 3.8) is 0 Å². The van der Waals surface area contributed by atoms with Crippen LogP contribution in [0.1, 0.15) is 20.3 Å². The predicted molar refractivity (Wildman–Crippen MR) is 59.7 cm³/mol. The fraction of sp³-hybridized carbons (Fsp3) is 0.909. The standard InChI is InChI=1S/C11H22N2O2/c1-5-12-9-6-7-13(3)8(2)10(9)11(14)15-4/h8-10,12H,5-7H2,1-4H3. The van der Waals surface area contributed by atoms with Gasteiger partial charge in [0.25, 0.3) is 0 Å². The third-order valence-electron chi connectivity index (χ3n) is 3.38. The van der Waals surface area contributed by atoms with Gasteiger partial charge in [0.2, 0.25) is 0 Å². The quantitative estimate of drug-likeness (QED) is 0.694. The van der Waals surface area contributed by atoms with Crippen molar-refractivity contribution in [1.29, 1.82) is 0 Å².